The topological polar surface area (TPSA) is 54.0 Å². The summed E-state index contributed by atoms with van der Waals surface area (Å²) in [6, 6.07) is 1.78. The fourth-order valence-electron chi connectivity index (χ4n) is 1.26. The average Bonchev–Trinajstić information content (AvgIpc) is 2.24. The van der Waals surface area contributed by atoms with E-state index in [2.05, 4.69) is 22.2 Å². The Balaban J connectivity index is 2.77. The van der Waals surface area contributed by atoms with Crippen molar-refractivity contribution in [1.29, 1.82) is 0 Å². The third-order valence-corrected chi connectivity index (χ3v) is 1.94. The minimum Gasteiger partial charge on any atom is -0.380 e. The van der Waals surface area contributed by atoms with E-state index in [1.807, 2.05) is 20.8 Å². The predicted molar refractivity (Wildman–Crippen MR) is 70.1 cm³/mol. The molecular weight excluding hydrogens is 214 g/mol. The van der Waals surface area contributed by atoms with Gasteiger partial charge >= 0.3 is 0 Å². The van der Waals surface area contributed by atoms with Crippen LogP contribution >= 0.6 is 0 Å². The number of carbonyl (C=O) groups excluding carboxylic acids is 1. The van der Waals surface area contributed by atoms with Crippen molar-refractivity contribution in [3.05, 3.63) is 36.7 Å². The van der Waals surface area contributed by atoms with Crippen molar-refractivity contribution in [3.63, 3.8) is 0 Å². The molecule has 0 spiro atoms. The molecule has 0 aliphatic heterocycles. The number of hydrogen-bond donors (Lipinski definition) is 2. The number of pyridine rings is 1. The van der Waals surface area contributed by atoms with Gasteiger partial charge in [0.05, 0.1) is 11.3 Å². The van der Waals surface area contributed by atoms with E-state index in [1.165, 1.54) is 0 Å². The lowest BCUT2D eigenvalue weighted by Gasteiger charge is -2.20. The Labute approximate surface area is 102 Å². The Kier molecular flexibility index (Phi) is 4.26. The average molecular weight is 233 g/mol. The molecule has 1 heterocycles. The molecule has 0 aliphatic carbocycles. The number of rotatable bonds is 4. The van der Waals surface area contributed by atoms with Gasteiger partial charge in [-0.05, 0) is 26.8 Å². The number of nitrogens with one attached hydrogen (secondary N) is 2. The molecule has 17 heavy (non-hydrogen) atoms. The van der Waals surface area contributed by atoms with Crippen molar-refractivity contribution < 1.29 is 4.79 Å². The molecule has 0 fully saturated rings. The highest BCUT2D eigenvalue weighted by molar-refractivity contribution is 5.95. The number of carbonyl (C=O) groups is 1. The third kappa shape index (κ3) is 4.68. The molecule has 92 valence electrons. The van der Waals surface area contributed by atoms with Gasteiger partial charge in [0, 0.05) is 24.5 Å². The van der Waals surface area contributed by atoms with Gasteiger partial charge in [0.25, 0.3) is 5.91 Å². The molecule has 0 aliphatic rings. The Hall–Kier alpha value is -1.84. The molecule has 1 aromatic rings. The number of anilines is 1. The van der Waals surface area contributed by atoms with Gasteiger partial charge in [-0.25, -0.2) is 0 Å². The van der Waals surface area contributed by atoms with Crippen LogP contribution in [0.1, 0.15) is 31.1 Å². The minimum atomic E-state index is -0.248. The van der Waals surface area contributed by atoms with Crippen LogP contribution < -0.4 is 10.6 Å². The first kappa shape index (κ1) is 13.2. The Morgan fingerprint density at radius 1 is 1.47 bits per heavy atom. The van der Waals surface area contributed by atoms with Crippen LogP contribution in [0.5, 0.6) is 0 Å². The lowest BCUT2D eigenvalue weighted by Crippen LogP contribution is -2.40. The van der Waals surface area contributed by atoms with E-state index < -0.39 is 0 Å². The third-order valence-electron chi connectivity index (χ3n) is 1.94. The fourth-order valence-corrected chi connectivity index (χ4v) is 1.26. The van der Waals surface area contributed by atoms with Crippen LogP contribution in [0, 0.1) is 0 Å². The summed E-state index contributed by atoms with van der Waals surface area (Å²) in [6.45, 7) is 10.1. The van der Waals surface area contributed by atoms with E-state index >= 15 is 0 Å². The molecule has 0 saturated heterocycles. The second-order valence-electron chi connectivity index (χ2n) is 4.84. The van der Waals surface area contributed by atoms with Gasteiger partial charge in [-0.2, -0.15) is 0 Å². The molecule has 0 saturated carbocycles. The maximum atomic E-state index is 11.9. The largest absolute Gasteiger partial charge is 0.380 e. The first-order chi connectivity index (χ1) is 7.92. The van der Waals surface area contributed by atoms with E-state index in [-0.39, 0.29) is 11.4 Å². The number of nitrogens with zero attached hydrogens (tertiary/aromatic N) is 1. The maximum absolute atomic E-state index is 11.9. The molecule has 0 bridgehead atoms. The summed E-state index contributed by atoms with van der Waals surface area (Å²) in [6.07, 6.45) is 4.99. The standard InChI is InChI=1S/C13H19N3O/c1-5-6-15-11-7-10(8-14-9-11)12(17)16-13(2,3)4/h5,7-9,15H,1,6H2,2-4H3,(H,16,17). The zero-order valence-corrected chi connectivity index (χ0v) is 10.6. The van der Waals surface area contributed by atoms with Crippen molar-refractivity contribution in [2.45, 2.75) is 26.3 Å². The molecule has 0 aromatic carbocycles. The van der Waals surface area contributed by atoms with Crippen molar-refractivity contribution in [1.82, 2.24) is 10.3 Å². The Bertz CT molecular complexity index is 407. The lowest BCUT2D eigenvalue weighted by atomic mass is 10.1. The molecule has 4 nitrogen and oxygen atoms in total. The van der Waals surface area contributed by atoms with Crippen molar-refractivity contribution in [3.8, 4) is 0 Å². The van der Waals surface area contributed by atoms with E-state index in [4.69, 9.17) is 0 Å². The summed E-state index contributed by atoms with van der Waals surface area (Å²) in [5.74, 6) is -0.118. The van der Waals surface area contributed by atoms with Gasteiger partial charge in [-0.1, -0.05) is 6.08 Å². The van der Waals surface area contributed by atoms with Gasteiger partial charge in [0.15, 0.2) is 0 Å². The highest BCUT2D eigenvalue weighted by Gasteiger charge is 2.15. The van der Waals surface area contributed by atoms with Gasteiger partial charge in [-0.3, -0.25) is 9.78 Å². The van der Waals surface area contributed by atoms with Crippen LogP contribution in [0.4, 0.5) is 5.69 Å². The monoisotopic (exact) mass is 233 g/mol. The SMILES string of the molecule is C=CCNc1cncc(C(=O)NC(C)(C)C)c1. The quantitative estimate of drug-likeness (QED) is 0.784. The number of aromatic nitrogens is 1. The summed E-state index contributed by atoms with van der Waals surface area (Å²) in [4.78, 5) is 15.9. The van der Waals surface area contributed by atoms with Gasteiger partial charge in [-0.15, -0.1) is 6.58 Å². The predicted octanol–water partition coefficient (Wildman–Crippen LogP) is 2.21. The van der Waals surface area contributed by atoms with Crippen molar-refractivity contribution in [2.24, 2.45) is 0 Å². The summed E-state index contributed by atoms with van der Waals surface area (Å²) in [7, 11) is 0. The van der Waals surface area contributed by atoms with Crippen LogP contribution in [0.2, 0.25) is 0 Å². The minimum absolute atomic E-state index is 0.118. The lowest BCUT2D eigenvalue weighted by molar-refractivity contribution is 0.0919. The van der Waals surface area contributed by atoms with Crippen molar-refractivity contribution >= 4 is 11.6 Å². The van der Waals surface area contributed by atoms with Crippen LogP contribution in [-0.2, 0) is 0 Å². The highest BCUT2D eigenvalue weighted by atomic mass is 16.1. The van der Waals surface area contributed by atoms with Gasteiger partial charge in [0.1, 0.15) is 0 Å². The molecule has 2 N–H and O–H groups in total. The second kappa shape index (κ2) is 5.48. The Morgan fingerprint density at radius 2 is 2.18 bits per heavy atom. The fraction of sp³-hybridized carbons (Fsp3) is 0.385. The number of hydrogen-bond acceptors (Lipinski definition) is 3. The summed E-state index contributed by atoms with van der Waals surface area (Å²) >= 11 is 0. The second-order valence-corrected chi connectivity index (χ2v) is 4.84. The normalized spacial score (nSPS) is 10.8. The van der Waals surface area contributed by atoms with Crippen LogP contribution in [0.15, 0.2) is 31.1 Å². The first-order valence-corrected chi connectivity index (χ1v) is 5.55. The molecule has 0 atom stereocenters. The molecule has 0 radical (unpaired) electrons. The van der Waals surface area contributed by atoms with Crippen molar-refractivity contribution in [2.75, 3.05) is 11.9 Å². The molecule has 4 heteroatoms. The van der Waals surface area contributed by atoms with Gasteiger partial charge in [0.2, 0.25) is 0 Å². The molecular formula is C13H19N3O. The molecule has 1 amide bonds. The van der Waals surface area contributed by atoms with E-state index in [0.717, 1.165) is 5.69 Å². The molecule has 1 rings (SSSR count). The zero-order valence-electron chi connectivity index (χ0n) is 10.6. The number of amides is 1. The van der Waals surface area contributed by atoms with E-state index in [0.29, 0.717) is 12.1 Å². The summed E-state index contributed by atoms with van der Waals surface area (Å²) < 4.78 is 0. The van der Waals surface area contributed by atoms with Crippen LogP contribution in [0.25, 0.3) is 0 Å². The summed E-state index contributed by atoms with van der Waals surface area (Å²) in [5, 5.41) is 5.98. The van der Waals surface area contributed by atoms with Crippen LogP contribution in [0.3, 0.4) is 0 Å². The van der Waals surface area contributed by atoms with Gasteiger partial charge < -0.3 is 10.6 Å². The molecule has 0 unspecified atom stereocenters. The van der Waals surface area contributed by atoms with E-state index in [9.17, 15) is 4.79 Å². The maximum Gasteiger partial charge on any atom is 0.253 e. The smallest absolute Gasteiger partial charge is 0.253 e. The zero-order chi connectivity index (χ0) is 12.9. The van der Waals surface area contributed by atoms with E-state index in [1.54, 1.807) is 24.5 Å². The van der Waals surface area contributed by atoms with Crippen LogP contribution in [-0.4, -0.2) is 23.0 Å². The molecule has 1 aromatic heterocycles. The highest BCUT2D eigenvalue weighted by Crippen LogP contribution is 2.09. The Morgan fingerprint density at radius 3 is 2.76 bits per heavy atom. The first-order valence-electron chi connectivity index (χ1n) is 5.55. The summed E-state index contributed by atoms with van der Waals surface area (Å²) in [5.41, 5.74) is 1.11.